The molecule has 1 unspecified atom stereocenters. The molecule has 0 N–H and O–H groups in total. The van der Waals surface area contributed by atoms with Crippen LogP contribution in [0.15, 0.2) is 18.2 Å². The molecule has 0 saturated carbocycles. The van der Waals surface area contributed by atoms with E-state index < -0.39 is 18.3 Å². The van der Waals surface area contributed by atoms with E-state index in [1.165, 1.54) is 0 Å². The summed E-state index contributed by atoms with van der Waals surface area (Å²) in [4.78, 5) is 16.3. The first kappa shape index (κ1) is 18.2. The maximum Gasteiger partial charge on any atom is 0.468 e. The van der Waals surface area contributed by atoms with Crippen LogP contribution < -0.4 is 0 Å². The van der Waals surface area contributed by atoms with E-state index in [2.05, 4.69) is 4.98 Å². The number of pyridine rings is 1. The minimum Gasteiger partial charge on any atom is -0.466 e. The Morgan fingerprint density at radius 2 is 1.91 bits per heavy atom. The van der Waals surface area contributed by atoms with Crippen LogP contribution in [0.1, 0.15) is 52.6 Å². The van der Waals surface area contributed by atoms with E-state index >= 15 is 0 Å². The van der Waals surface area contributed by atoms with Crippen LogP contribution >= 0.6 is 11.6 Å². The molecule has 2 rings (SSSR count). The third-order valence-electron chi connectivity index (χ3n) is 4.41. The highest BCUT2D eigenvalue weighted by Crippen LogP contribution is 2.41. The van der Waals surface area contributed by atoms with Gasteiger partial charge in [-0.3, -0.25) is 4.79 Å². The van der Waals surface area contributed by atoms with E-state index in [1.54, 1.807) is 19.1 Å². The van der Waals surface area contributed by atoms with Gasteiger partial charge in [0.25, 0.3) is 0 Å². The zero-order valence-corrected chi connectivity index (χ0v) is 15.0. The number of rotatable bonds is 5. The van der Waals surface area contributed by atoms with Gasteiger partial charge >= 0.3 is 13.1 Å². The van der Waals surface area contributed by atoms with Crippen molar-refractivity contribution in [2.45, 2.75) is 58.1 Å². The van der Waals surface area contributed by atoms with Crippen LogP contribution in [0.5, 0.6) is 0 Å². The number of hydrogen-bond acceptors (Lipinski definition) is 5. The highest BCUT2D eigenvalue weighted by atomic mass is 35.5. The zero-order chi connectivity index (χ0) is 17.3. The van der Waals surface area contributed by atoms with Crippen molar-refractivity contribution in [2.24, 2.45) is 0 Å². The molecule has 1 fully saturated rings. The molecule has 7 heteroatoms. The number of halogens is 1. The van der Waals surface area contributed by atoms with Crippen molar-refractivity contribution in [3.63, 3.8) is 0 Å². The number of aromatic nitrogens is 1. The second-order valence-corrected chi connectivity index (χ2v) is 7.01. The van der Waals surface area contributed by atoms with Gasteiger partial charge in [0.05, 0.1) is 24.2 Å². The summed E-state index contributed by atoms with van der Waals surface area (Å²) in [6.07, 6.45) is 0.123. The molecule has 1 saturated heterocycles. The molecule has 1 aromatic heterocycles. The molecule has 0 radical (unpaired) electrons. The molecule has 1 aliphatic heterocycles. The molecular formula is C16H23BClNO4. The summed E-state index contributed by atoms with van der Waals surface area (Å²) in [5.41, 5.74) is -0.309. The first-order valence-electron chi connectivity index (χ1n) is 7.80. The highest BCUT2D eigenvalue weighted by Gasteiger charge is 2.54. The topological polar surface area (TPSA) is 57.7 Å². The Morgan fingerprint density at radius 1 is 1.30 bits per heavy atom. The van der Waals surface area contributed by atoms with Gasteiger partial charge in [-0.2, -0.15) is 0 Å². The Kier molecular flexibility index (Phi) is 5.39. The lowest BCUT2D eigenvalue weighted by Crippen LogP contribution is -2.41. The van der Waals surface area contributed by atoms with Crippen LogP contribution in [0.4, 0.5) is 0 Å². The zero-order valence-electron chi connectivity index (χ0n) is 14.3. The van der Waals surface area contributed by atoms with E-state index in [0.29, 0.717) is 17.5 Å². The molecule has 0 aliphatic carbocycles. The van der Waals surface area contributed by atoms with Crippen LogP contribution in [0, 0.1) is 0 Å². The van der Waals surface area contributed by atoms with Gasteiger partial charge in [0.2, 0.25) is 0 Å². The Hall–Kier alpha value is -1.11. The number of nitrogens with zero attached hydrogens (tertiary/aromatic N) is 1. The van der Waals surface area contributed by atoms with Crippen molar-refractivity contribution in [1.82, 2.24) is 4.98 Å². The van der Waals surface area contributed by atoms with Gasteiger partial charge in [0.1, 0.15) is 5.15 Å². The van der Waals surface area contributed by atoms with Crippen LogP contribution in [-0.4, -0.2) is 35.9 Å². The summed E-state index contributed by atoms with van der Waals surface area (Å²) in [7, 11) is -0.588. The predicted molar refractivity (Wildman–Crippen MR) is 89.3 cm³/mol. The lowest BCUT2D eigenvalue weighted by Gasteiger charge is -2.32. The molecule has 0 bridgehead atoms. The summed E-state index contributed by atoms with van der Waals surface area (Å²) in [6.45, 7) is 10.00. The quantitative estimate of drug-likeness (QED) is 0.467. The van der Waals surface area contributed by atoms with Crippen molar-refractivity contribution in [3.8, 4) is 0 Å². The predicted octanol–water partition coefficient (Wildman–Crippen LogP) is 3.40. The number of esters is 1. The molecule has 1 aliphatic rings. The third kappa shape index (κ3) is 4.05. The van der Waals surface area contributed by atoms with Crippen LogP contribution in [0.25, 0.3) is 0 Å². The molecule has 1 aromatic rings. The Morgan fingerprint density at radius 3 is 2.43 bits per heavy atom. The minimum atomic E-state index is -0.588. The fraction of sp³-hybridized carbons (Fsp3) is 0.625. The lowest BCUT2D eigenvalue weighted by atomic mass is 9.68. The Balaban J connectivity index is 2.29. The summed E-state index contributed by atoms with van der Waals surface area (Å²) in [5.74, 6) is -0.692. The Bertz CT molecular complexity index is 563. The van der Waals surface area contributed by atoms with Gasteiger partial charge in [-0.1, -0.05) is 17.7 Å². The van der Waals surface area contributed by atoms with Gasteiger partial charge < -0.3 is 14.0 Å². The summed E-state index contributed by atoms with van der Waals surface area (Å²) < 4.78 is 17.2. The van der Waals surface area contributed by atoms with Crippen LogP contribution in [-0.2, 0) is 18.8 Å². The van der Waals surface area contributed by atoms with E-state index in [4.69, 9.17) is 25.6 Å². The SMILES string of the molecule is CCOC(=O)CC(B1OC(C)(C)C(C)(C)O1)c1cccc(Cl)n1. The largest absolute Gasteiger partial charge is 0.468 e. The van der Waals surface area contributed by atoms with E-state index in [0.717, 1.165) is 0 Å². The number of carbonyl (C=O) groups excluding carboxylic acids is 1. The van der Waals surface area contributed by atoms with Crippen LogP contribution in [0.2, 0.25) is 5.15 Å². The summed E-state index contributed by atoms with van der Waals surface area (Å²) in [5, 5.41) is 0.368. The average Bonchev–Trinajstić information content (AvgIpc) is 2.65. The maximum atomic E-state index is 12.0. The lowest BCUT2D eigenvalue weighted by molar-refractivity contribution is -0.143. The fourth-order valence-electron chi connectivity index (χ4n) is 2.42. The standard InChI is InChI=1S/C16H23BClNO4/c1-6-21-14(20)10-11(12-8-7-9-13(18)19-12)17-22-15(2,3)16(4,5)23-17/h7-9,11H,6,10H2,1-5H3. The average molecular weight is 340 g/mol. The molecule has 0 spiro atoms. The van der Waals surface area contributed by atoms with Gasteiger partial charge in [-0.05, 0) is 46.8 Å². The first-order chi connectivity index (χ1) is 10.7. The second kappa shape index (κ2) is 6.79. The van der Waals surface area contributed by atoms with Crippen molar-refractivity contribution < 1.29 is 18.8 Å². The maximum absolute atomic E-state index is 12.0. The van der Waals surface area contributed by atoms with Crippen molar-refractivity contribution in [1.29, 1.82) is 0 Å². The first-order valence-corrected chi connectivity index (χ1v) is 8.18. The summed E-state index contributed by atoms with van der Waals surface area (Å²) >= 11 is 6.00. The van der Waals surface area contributed by atoms with E-state index in [9.17, 15) is 4.79 Å². The molecule has 23 heavy (non-hydrogen) atoms. The smallest absolute Gasteiger partial charge is 0.466 e. The van der Waals surface area contributed by atoms with Gasteiger partial charge in [0.15, 0.2) is 0 Å². The molecule has 0 aromatic carbocycles. The van der Waals surface area contributed by atoms with Crippen molar-refractivity contribution in [2.75, 3.05) is 6.61 Å². The minimum absolute atomic E-state index is 0.123. The van der Waals surface area contributed by atoms with E-state index in [-0.39, 0.29) is 18.2 Å². The van der Waals surface area contributed by atoms with Gasteiger partial charge in [0, 0.05) is 11.5 Å². The monoisotopic (exact) mass is 339 g/mol. The fourth-order valence-corrected chi connectivity index (χ4v) is 2.59. The number of carbonyl (C=O) groups is 1. The molecule has 126 valence electrons. The summed E-state index contributed by atoms with van der Waals surface area (Å²) in [6, 6.07) is 5.31. The molecule has 5 nitrogen and oxygen atoms in total. The van der Waals surface area contributed by atoms with Crippen molar-refractivity contribution in [3.05, 3.63) is 29.0 Å². The highest BCUT2D eigenvalue weighted by molar-refractivity contribution is 6.48. The van der Waals surface area contributed by atoms with Gasteiger partial charge in [-0.15, -0.1) is 0 Å². The van der Waals surface area contributed by atoms with Gasteiger partial charge in [-0.25, -0.2) is 4.98 Å². The second-order valence-electron chi connectivity index (χ2n) is 6.63. The van der Waals surface area contributed by atoms with Crippen LogP contribution in [0.3, 0.4) is 0 Å². The Labute approximate surface area is 142 Å². The third-order valence-corrected chi connectivity index (χ3v) is 4.62. The molecule has 2 heterocycles. The van der Waals surface area contributed by atoms with Crippen molar-refractivity contribution >= 4 is 24.7 Å². The number of hydrogen-bond donors (Lipinski definition) is 0. The van der Waals surface area contributed by atoms with E-state index in [1.807, 2.05) is 33.8 Å². The number of ether oxygens (including phenoxy) is 1. The molecule has 0 amide bonds. The normalized spacial score (nSPS) is 20.3. The molecule has 1 atom stereocenters. The molecular weight excluding hydrogens is 316 g/mol.